The lowest BCUT2D eigenvalue weighted by atomic mass is 10.0. The van der Waals surface area contributed by atoms with Gasteiger partial charge in [0.15, 0.2) is 4.67 Å². The molecule has 0 amide bonds. The SMILES string of the molecule is CNC(c1cc(F)cc(F)c1)c1ccc(Br)o1. The van der Waals surface area contributed by atoms with Gasteiger partial charge in [0.05, 0.1) is 6.04 Å². The van der Waals surface area contributed by atoms with Crippen molar-refractivity contribution >= 4 is 15.9 Å². The molecule has 1 aromatic heterocycles. The van der Waals surface area contributed by atoms with E-state index >= 15 is 0 Å². The van der Waals surface area contributed by atoms with Gasteiger partial charge in [-0.2, -0.15) is 0 Å². The number of benzene rings is 1. The molecule has 0 saturated carbocycles. The van der Waals surface area contributed by atoms with Crippen LogP contribution in [0.1, 0.15) is 17.4 Å². The normalized spacial score (nSPS) is 12.7. The Morgan fingerprint density at radius 2 is 1.82 bits per heavy atom. The Labute approximate surface area is 106 Å². The van der Waals surface area contributed by atoms with E-state index in [1.165, 1.54) is 12.1 Å². The van der Waals surface area contributed by atoms with E-state index in [1.807, 2.05) is 0 Å². The van der Waals surface area contributed by atoms with Crippen LogP contribution in [-0.4, -0.2) is 7.05 Å². The highest BCUT2D eigenvalue weighted by molar-refractivity contribution is 9.10. The summed E-state index contributed by atoms with van der Waals surface area (Å²) in [6, 6.07) is 6.49. The van der Waals surface area contributed by atoms with Crippen molar-refractivity contribution in [3.8, 4) is 0 Å². The fraction of sp³-hybridized carbons (Fsp3) is 0.167. The number of hydrogen-bond acceptors (Lipinski definition) is 2. The van der Waals surface area contributed by atoms with Gasteiger partial charge in [0, 0.05) is 6.07 Å². The molecule has 90 valence electrons. The molecule has 1 N–H and O–H groups in total. The van der Waals surface area contributed by atoms with Crippen molar-refractivity contribution in [3.05, 3.63) is 58.0 Å². The molecule has 0 aliphatic carbocycles. The van der Waals surface area contributed by atoms with Crippen LogP contribution < -0.4 is 5.32 Å². The molecule has 1 aromatic carbocycles. The summed E-state index contributed by atoms with van der Waals surface area (Å²) in [6.07, 6.45) is 0. The summed E-state index contributed by atoms with van der Waals surface area (Å²) < 4.78 is 32.2. The van der Waals surface area contributed by atoms with E-state index in [9.17, 15) is 8.78 Å². The predicted octanol–water partition coefficient (Wildman–Crippen LogP) is 3.63. The first-order valence-corrected chi connectivity index (χ1v) is 5.78. The van der Waals surface area contributed by atoms with Crippen LogP contribution in [0.4, 0.5) is 8.78 Å². The van der Waals surface area contributed by atoms with Gasteiger partial charge >= 0.3 is 0 Å². The first-order valence-electron chi connectivity index (χ1n) is 4.98. The summed E-state index contributed by atoms with van der Waals surface area (Å²) in [4.78, 5) is 0. The molecule has 0 radical (unpaired) electrons. The Kier molecular flexibility index (Phi) is 3.59. The average Bonchev–Trinajstić information content (AvgIpc) is 2.64. The maximum Gasteiger partial charge on any atom is 0.169 e. The van der Waals surface area contributed by atoms with Crippen molar-refractivity contribution in [1.82, 2.24) is 5.32 Å². The second kappa shape index (κ2) is 4.98. The third kappa shape index (κ3) is 2.73. The molecule has 0 aliphatic rings. The Morgan fingerprint density at radius 3 is 2.29 bits per heavy atom. The van der Waals surface area contributed by atoms with Crippen LogP contribution in [0.3, 0.4) is 0 Å². The fourth-order valence-electron chi connectivity index (χ4n) is 1.70. The van der Waals surface area contributed by atoms with Crippen LogP contribution in [0.2, 0.25) is 0 Å². The topological polar surface area (TPSA) is 25.2 Å². The predicted molar refractivity (Wildman–Crippen MR) is 63.7 cm³/mol. The maximum absolute atomic E-state index is 13.1. The van der Waals surface area contributed by atoms with Crippen molar-refractivity contribution in [3.63, 3.8) is 0 Å². The van der Waals surface area contributed by atoms with E-state index in [1.54, 1.807) is 19.2 Å². The van der Waals surface area contributed by atoms with Gasteiger partial charge in [-0.15, -0.1) is 0 Å². The van der Waals surface area contributed by atoms with E-state index in [0.717, 1.165) is 6.07 Å². The minimum Gasteiger partial charge on any atom is -0.452 e. The van der Waals surface area contributed by atoms with Crippen molar-refractivity contribution < 1.29 is 13.2 Å². The van der Waals surface area contributed by atoms with Gasteiger partial charge in [0.25, 0.3) is 0 Å². The van der Waals surface area contributed by atoms with Gasteiger partial charge in [-0.05, 0) is 52.8 Å². The van der Waals surface area contributed by atoms with Crippen LogP contribution in [0.15, 0.2) is 39.4 Å². The molecule has 0 saturated heterocycles. The molecule has 2 rings (SSSR count). The zero-order chi connectivity index (χ0) is 12.4. The van der Waals surface area contributed by atoms with Crippen molar-refractivity contribution in [1.29, 1.82) is 0 Å². The molecule has 0 bridgehead atoms. The number of nitrogens with one attached hydrogen (secondary N) is 1. The Balaban J connectivity index is 2.41. The Bertz CT molecular complexity index is 507. The third-order valence-electron chi connectivity index (χ3n) is 2.39. The molecule has 1 heterocycles. The molecule has 2 aromatic rings. The molecule has 2 nitrogen and oxygen atoms in total. The van der Waals surface area contributed by atoms with E-state index < -0.39 is 11.6 Å². The summed E-state index contributed by atoms with van der Waals surface area (Å²) in [6.45, 7) is 0. The largest absolute Gasteiger partial charge is 0.452 e. The lowest BCUT2D eigenvalue weighted by Crippen LogP contribution is -2.17. The average molecular weight is 302 g/mol. The monoisotopic (exact) mass is 301 g/mol. The second-order valence-electron chi connectivity index (χ2n) is 3.57. The van der Waals surface area contributed by atoms with Gasteiger partial charge in [-0.1, -0.05) is 0 Å². The summed E-state index contributed by atoms with van der Waals surface area (Å²) >= 11 is 3.19. The van der Waals surface area contributed by atoms with Gasteiger partial charge in [-0.25, -0.2) is 8.78 Å². The minimum absolute atomic E-state index is 0.383. The fourth-order valence-corrected chi connectivity index (χ4v) is 2.02. The summed E-state index contributed by atoms with van der Waals surface area (Å²) in [7, 11) is 1.70. The van der Waals surface area contributed by atoms with Gasteiger partial charge in [0.1, 0.15) is 17.4 Å². The first-order chi connectivity index (χ1) is 8.10. The lowest BCUT2D eigenvalue weighted by molar-refractivity contribution is 0.445. The van der Waals surface area contributed by atoms with Gasteiger partial charge in [-0.3, -0.25) is 0 Å². The minimum atomic E-state index is -0.606. The Morgan fingerprint density at radius 1 is 1.18 bits per heavy atom. The number of halogens is 3. The van der Waals surface area contributed by atoms with Crippen molar-refractivity contribution in [2.45, 2.75) is 6.04 Å². The van der Waals surface area contributed by atoms with Gasteiger partial charge < -0.3 is 9.73 Å². The summed E-state index contributed by atoms with van der Waals surface area (Å²) in [5.74, 6) is -0.624. The molecular weight excluding hydrogens is 292 g/mol. The maximum atomic E-state index is 13.1. The smallest absolute Gasteiger partial charge is 0.169 e. The van der Waals surface area contributed by atoms with Gasteiger partial charge in [0.2, 0.25) is 0 Å². The molecule has 0 spiro atoms. The summed E-state index contributed by atoms with van der Waals surface area (Å²) in [5.41, 5.74) is 0.479. The zero-order valence-electron chi connectivity index (χ0n) is 9.01. The van der Waals surface area contributed by atoms with E-state index in [-0.39, 0.29) is 6.04 Å². The zero-order valence-corrected chi connectivity index (χ0v) is 10.6. The summed E-state index contributed by atoms with van der Waals surface area (Å²) in [5, 5.41) is 2.95. The molecule has 17 heavy (non-hydrogen) atoms. The lowest BCUT2D eigenvalue weighted by Gasteiger charge is -2.14. The quantitative estimate of drug-likeness (QED) is 0.936. The van der Waals surface area contributed by atoms with Crippen molar-refractivity contribution in [2.24, 2.45) is 0 Å². The van der Waals surface area contributed by atoms with Crippen LogP contribution in [0.5, 0.6) is 0 Å². The van der Waals surface area contributed by atoms with E-state index in [0.29, 0.717) is 16.0 Å². The number of hydrogen-bond donors (Lipinski definition) is 1. The molecule has 0 aliphatic heterocycles. The van der Waals surface area contributed by atoms with E-state index in [2.05, 4.69) is 21.2 Å². The second-order valence-corrected chi connectivity index (χ2v) is 4.35. The standard InChI is InChI=1S/C12H10BrF2NO/c1-16-12(10-2-3-11(13)17-10)7-4-8(14)6-9(15)5-7/h2-6,12,16H,1H3. The molecule has 0 fully saturated rings. The van der Waals surface area contributed by atoms with Crippen molar-refractivity contribution in [2.75, 3.05) is 7.05 Å². The highest BCUT2D eigenvalue weighted by Gasteiger charge is 2.17. The molecular formula is C12H10BrF2NO. The van der Waals surface area contributed by atoms with Crippen LogP contribution >= 0.6 is 15.9 Å². The number of rotatable bonds is 3. The molecule has 1 atom stereocenters. The highest BCUT2D eigenvalue weighted by Crippen LogP contribution is 2.26. The molecule has 1 unspecified atom stereocenters. The van der Waals surface area contributed by atoms with Crippen LogP contribution in [-0.2, 0) is 0 Å². The Hall–Kier alpha value is -1.20. The molecule has 5 heteroatoms. The van der Waals surface area contributed by atoms with Crippen LogP contribution in [0.25, 0.3) is 0 Å². The number of furan rings is 1. The highest BCUT2D eigenvalue weighted by atomic mass is 79.9. The first kappa shape index (κ1) is 12.3. The van der Waals surface area contributed by atoms with Crippen LogP contribution in [0, 0.1) is 11.6 Å². The van der Waals surface area contributed by atoms with E-state index in [4.69, 9.17) is 4.42 Å². The third-order valence-corrected chi connectivity index (χ3v) is 2.81.